The van der Waals surface area contributed by atoms with Crippen LogP contribution in [0.3, 0.4) is 0 Å². The predicted octanol–water partition coefficient (Wildman–Crippen LogP) is 3.20. The Morgan fingerprint density at radius 1 is 1.20 bits per heavy atom. The van der Waals surface area contributed by atoms with Crippen LogP contribution in [-0.2, 0) is 6.42 Å². The van der Waals surface area contributed by atoms with Crippen LogP contribution in [0.2, 0.25) is 0 Å². The molecule has 0 bridgehead atoms. The summed E-state index contributed by atoms with van der Waals surface area (Å²) in [5, 5.41) is 9.07. The van der Waals surface area contributed by atoms with E-state index in [-0.39, 0.29) is 0 Å². The van der Waals surface area contributed by atoms with Gasteiger partial charge in [0.15, 0.2) is 0 Å². The molecule has 3 rings (SSSR count). The molecule has 0 radical (unpaired) electrons. The number of benzene rings is 1. The zero-order valence-corrected chi connectivity index (χ0v) is 11.8. The van der Waals surface area contributed by atoms with E-state index in [1.807, 2.05) is 12.1 Å². The molecule has 1 fully saturated rings. The van der Waals surface area contributed by atoms with E-state index in [0.29, 0.717) is 5.56 Å². The van der Waals surface area contributed by atoms with Crippen LogP contribution in [0.25, 0.3) is 6.08 Å². The van der Waals surface area contributed by atoms with Crippen molar-refractivity contribution < 1.29 is 9.90 Å². The van der Waals surface area contributed by atoms with Gasteiger partial charge in [0.1, 0.15) is 0 Å². The third kappa shape index (κ3) is 2.93. The van der Waals surface area contributed by atoms with E-state index in [9.17, 15) is 4.79 Å². The zero-order chi connectivity index (χ0) is 13.9. The Kier molecular flexibility index (Phi) is 3.88. The smallest absolute Gasteiger partial charge is 0.335 e. The zero-order valence-electron chi connectivity index (χ0n) is 11.8. The van der Waals surface area contributed by atoms with Crippen molar-refractivity contribution in [1.82, 2.24) is 4.90 Å². The molecule has 0 aromatic heterocycles. The highest BCUT2D eigenvalue weighted by Crippen LogP contribution is 2.27. The number of fused-ring (bicyclic) bond motifs is 1. The van der Waals surface area contributed by atoms with Gasteiger partial charge in [-0.1, -0.05) is 17.7 Å². The molecule has 2 aliphatic rings. The molecular formula is C17H21NO2. The first kappa shape index (κ1) is 13.4. The van der Waals surface area contributed by atoms with Gasteiger partial charge in [-0.15, -0.1) is 0 Å². The van der Waals surface area contributed by atoms with E-state index >= 15 is 0 Å². The number of carboxylic acids is 1. The Bertz CT molecular complexity index is 542. The van der Waals surface area contributed by atoms with Gasteiger partial charge in [0.05, 0.1) is 5.56 Å². The largest absolute Gasteiger partial charge is 0.478 e. The molecule has 20 heavy (non-hydrogen) atoms. The van der Waals surface area contributed by atoms with Crippen molar-refractivity contribution in [2.45, 2.75) is 32.1 Å². The highest BCUT2D eigenvalue weighted by Gasteiger charge is 2.15. The first-order chi connectivity index (χ1) is 9.72. The van der Waals surface area contributed by atoms with Crippen LogP contribution < -0.4 is 0 Å². The fourth-order valence-electron chi connectivity index (χ4n) is 3.18. The van der Waals surface area contributed by atoms with Crippen molar-refractivity contribution in [3.05, 3.63) is 40.5 Å². The normalized spacial score (nSPS) is 18.7. The second kappa shape index (κ2) is 5.80. The highest BCUT2D eigenvalue weighted by atomic mass is 16.4. The first-order valence-electron chi connectivity index (χ1n) is 7.50. The van der Waals surface area contributed by atoms with Gasteiger partial charge in [-0.3, -0.25) is 0 Å². The Balaban J connectivity index is 1.71. The van der Waals surface area contributed by atoms with Gasteiger partial charge in [0.25, 0.3) is 0 Å². The minimum absolute atomic E-state index is 0.390. The lowest BCUT2D eigenvalue weighted by Gasteiger charge is -2.20. The maximum Gasteiger partial charge on any atom is 0.335 e. The van der Waals surface area contributed by atoms with Crippen LogP contribution in [0.1, 0.15) is 47.2 Å². The highest BCUT2D eigenvalue weighted by molar-refractivity contribution is 5.88. The molecule has 0 unspecified atom stereocenters. The van der Waals surface area contributed by atoms with E-state index in [4.69, 9.17) is 5.11 Å². The quantitative estimate of drug-likeness (QED) is 0.914. The Labute approximate surface area is 119 Å². The molecule has 0 saturated carbocycles. The standard InChI is InChI=1S/C17H21NO2/c19-17(20)15-6-5-14-4-3-13(11-16(14)12-15)7-10-18-8-1-2-9-18/h5-6,11-12H,1-4,7-10H2,(H,19,20). The predicted molar refractivity (Wildman–Crippen MR) is 80.0 cm³/mol. The van der Waals surface area contributed by atoms with Gasteiger partial charge in [-0.25, -0.2) is 4.79 Å². The number of carbonyl (C=O) groups is 1. The molecule has 1 aromatic carbocycles. The second-order valence-corrected chi connectivity index (χ2v) is 5.82. The molecule has 3 nitrogen and oxygen atoms in total. The van der Waals surface area contributed by atoms with Crippen molar-refractivity contribution in [2.24, 2.45) is 0 Å². The van der Waals surface area contributed by atoms with Crippen LogP contribution >= 0.6 is 0 Å². The third-order valence-corrected chi connectivity index (χ3v) is 4.42. The van der Waals surface area contributed by atoms with Gasteiger partial charge >= 0.3 is 5.97 Å². The molecule has 0 atom stereocenters. The average molecular weight is 271 g/mol. The van der Waals surface area contributed by atoms with E-state index in [1.54, 1.807) is 6.07 Å². The number of hydrogen-bond donors (Lipinski definition) is 1. The lowest BCUT2D eigenvalue weighted by Crippen LogP contribution is -2.21. The fraction of sp³-hybridized carbons (Fsp3) is 0.471. The lowest BCUT2D eigenvalue weighted by molar-refractivity contribution is 0.0697. The Hall–Kier alpha value is -1.61. The summed E-state index contributed by atoms with van der Waals surface area (Å²) in [6, 6.07) is 5.49. The maximum atomic E-state index is 11.0. The monoisotopic (exact) mass is 271 g/mol. The molecule has 1 saturated heterocycles. The van der Waals surface area contributed by atoms with Crippen LogP contribution in [0.4, 0.5) is 0 Å². The molecule has 1 aliphatic heterocycles. The van der Waals surface area contributed by atoms with Crippen LogP contribution in [0, 0.1) is 0 Å². The second-order valence-electron chi connectivity index (χ2n) is 5.82. The Morgan fingerprint density at radius 2 is 2.00 bits per heavy atom. The van der Waals surface area contributed by atoms with E-state index in [0.717, 1.165) is 31.4 Å². The van der Waals surface area contributed by atoms with Crippen LogP contribution in [-0.4, -0.2) is 35.6 Å². The molecule has 0 amide bonds. The minimum Gasteiger partial charge on any atom is -0.478 e. The fourth-order valence-corrected chi connectivity index (χ4v) is 3.18. The van der Waals surface area contributed by atoms with Crippen molar-refractivity contribution in [1.29, 1.82) is 0 Å². The number of carboxylic acid groups (broad SMARTS) is 1. The summed E-state index contributed by atoms with van der Waals surface area (Å²) in [5.41, 5.74) is 4.24. The summed E-state index contributed by atoms with van der Waals surface area (Å²) in [4.78, 5) is 13.6. The average Bonchev–Trinajstić information content (AvgIpc) is 2.97. The van der Waals surface area contributed by atoms with Gasteiger partial charge in [0, 0.05) is 6.54 Å². The number of aryl methyl sites for hydroxylation is 1. The molecular weight excluding hydrogens is 250 g/mol. The van der Waals surface area contributed by atoms with Crippen molar-refractivity contribution in [2.75, 3.05) is 19.6 Å². The van der Waals surface area contributed by atoms with Gasteiger partial charge in [0.2, 0.25) is 0 Å². The van der Waals surface area contributed by atoms with Crippen molar-refractivity contribution in [3.8, 4) is 0 Å². The van der Waals surface area contributed by atoms with E-state index < -0.39 is 5.97 Å². The number of likely N-dealkylation sites (tertiary alicyclic amines) is 1. The molecule has 1 aromatic rings. The number of rotatable bonds is 4. The molecule has 0 spiro atoms. The molecule has 1 heterocycles. The first-order valence-corrected chi connectivity index (χ1v) is 7.50. The van der Waals surface area contributed by atoms with Gasteiger partial charge < -0.3 is 10.0 Å². The summed E-state index contributed by atoms with van der Waals surface area (Å²) in [6.45, 7) is 3.64. The summed E-state index contributed by atoms with van der Waals surface area (Å²) in [6.07, 6.45) is 8.17. The summed E-state index contributed by atoms with van der Waals surface area (Å²) in [7, 11) is 0. The number of nitrogens with zero attached hydrogens (tertiary/aromatic N) is 1. The van der Waals surface area contributed by atoms with Gasteiger partial charge in [-0.2, -0.15) is 0 Å². The molecule has 1 N–H and O–H groups in total. The molecule has 3 heteroatoms. The summed E-state index contributed by atoms with van der Waals surface area (Å²) < 4.78 is 0. The summed E-state index contributed by atoms with van der Waals surface area (Å²) in [5.74, 6) is -0.842. The lowest BCUT2D eigenvalue weighted by atomic mass is 9.89. The molecule has 106 valence electrons. The number of aromatic carboxylic acids is 1. The van der Waals surface area contributed by atoms with E-state index in [1.165, 1.54) is 37.1 Å². The number of hydrogen-bond acceptors (Lipinski definition) is 2. The van der Waals surface area contributed by atoms with E-state index in [2.05, 4.69) is 11.0 Å². The van der Waals surface area contributed by atoms with Gasteiger partial charge in [-0.05, 0) is 68.5 Å². The van der Waals surface area contributed by atoms with Crippen molar-refractivity contribution in [3.63, 3.8) is 0 Å². The Morgan fingerprint density at radius 3 is 2.75 bits per heavy atom. The molecule has 1 aliphatic carbocycles. The van der Waals surface area contributed by atoms with Crippen molar-refractivity contribution >= 4 is 12.0 Å². The third-order valence-electron chi connectivity index (χ3n) is 4.42. The summed E-state index contributed by atoms with van der Waals surface area (Å²) >= 11 is 0. The topological polar surface area (TPSA) is 40.5 Å². The SMILES string of the molecule is O=C(O)c1ccc2c(c1)C=C(CCN1CCCC1)CC2. The maximum absolute atomic E-state index is 11.0. The van der Waals surface area contributed by atoms with Crippen LogP contribution in [0.15, 0.2) is 23.8 Å². The van der Waals surface area contributed by atoms with Crippen LogP contribution in [0.5, 0.6) is 0 Å². The minimum atomic E-state index is -0.842.